The molecule has 1 aliphatic heterocycles. The van der Waals surface area contributed by atoms with Crippen LogP contribution < -0.4 is 21.3 Å². The third-order valence-corrected chi connectivity index (χ3v) is 13.1. The Morgan fingerprint density at radius 3 is 1.80 bits per heavy atom. The van der Waals surface area contributed by atoms with Gasteiger partial charge in [-0.05, 0) is 113 Å². The minimum Gasteiger partial charge on any atom is -0.465 e. The van der Waals surface area contributed by atoms with E-state index in [9.17, 15) is 45.1 Å². The van der Waals surface area contributed by atoms with Gasteiger partial charge in [0, 0.05) is 59.7 Å². The van der Waals surface area contributed by atoms with Crippen LogP contribution in [0.4, 0.5) is 38.0 Å². The Kier molecular flexibility index (Phi) is 15.4. The number of ether oxygens (including phenoxy) is 2. The molecular formula is C49H54N6O13S2. The lowest BCUT2D eigenvalue weighted by molar-refractivity contribution is -0.146. The smallest absolute Gasteiger partial charge is 0.325 e. The van der Waals surface area contributed by atoms with Crippen LogP contribution in [0.1, 0.15) is 47.2 Å². The number of carbonyl (C=O) groups is 4. The molecule has 0 spiro atoms. The Balaban J connectivity index is 1.59. The Labute approximate surface area is 405 Å². The largest absolute Gasteiger partial charge is 0.465 e. The van der Waals surface area contributed by atoms with Gasteiger partial charge in [-0.25, -0.2) is 14.6 Å². The maximum atomic E-state index is 13.7. The van der Waals surface area contributed by atoms with E-state index in [1.807, 2.05) is 26.8 Å². The second kappa shape index (κ2) is 20.7. The monoisotopic (exact) mass is 998 g/mol. The standard InChI is InChI=1S/C49H54N6O13S2/c1-11-66-41(56)24-55(25-42(57)67-12-2)49(59)53-47-29(6)20-27(4)45(31(47)8)51-36-23-38-35(22-40(36)70(63,64)65)43(34-15-13-14-16-39(34)69(60,61)62)33-18-17-32(21-37(33)68-38)50-44-26(3)19-28(5)46(30(44)7)52-48(58)54(9)10/h13-23,50H,11-12,24-25H2,1-10H3,(H,52,58)(H,53,59)(H,60,61,62)(H,63,64,65)/b51-36-. The number of hydrogen-bond acceptors (Lipinski definition) is 13. The van der Waals surface area contributed by atoms with Crippen LogP contribution in [0.3, 0.4) is 0 Å². The molecule has 2 aliphatic rings. The molecule has 70 heavy (non-hydrogen) atoms. The normalized spacial score (nSPS) is 11.9. The number of anilines is 4. The van der Waals surface area contributed by atoms with Crippen LogP contribution in [-0.4, -0.2) is 100 Å². The van der Waals surface area contributed by atoms with Gasteiger partial charge in [0.25, 0.3) is 20.2 Å². The van der Waals surface area contributed by atoms with E-state index in [0.717, 1.165) is 27.7 Å². The first kappa shape index (κ1) is 52.0. The predicted octanol–water partition coefficient (Wildman–Crippen LogP) is 8.58. The van der Waals surface area contributed by atoms with Crippen molar-refractivity contribution in [2.45, 2.75) is 65.2 Å². The highest BCUT2D eigenvalue weighted by Crippen LogP contribution is 2.44. The molecule has 21 heteroatoms. The molecule has 0 bridgehead atoms. The van der Waals surface area contributed by atoms with Gasteiger partial charge in [-0.2, -0.15) is 16.8 Å². The van der Waals surface area contributed by atoms with Crippen molar-refractivity contribution in [2.24, 2.45) is 4.99 Å². The average Bonchev–Trinajstić information content (AvgIpc) is 3.27. The first-order valence-electron chi connectivity index (χ1n) is 21.8. The van der Waals surface area contributed by atoms with Crippen LogP contribution >= 0.6 is 0 Å². The van der Waals surface area contributed by atoms with E-state index < -0.39 is 61.1 Å². The van der Waals surface area contributed by atoms with E-state index in [1.54, 1.807) is 73.0 Å². The van der Waals surface area contributed by atoms with Crippen molar-refractivity contribution >= 4 is 83.6 Å². The van der Waals surface area contributed by atoms with Crippen molar-refractivity contribution in [3.8, 4) is 22.5 Å². The van der Waals surface area contributed by atoms with Gasteiger partial charge in [-0.3, -0.25) is 18.7 Å². The van der Waals surface area contributed by atoms with Gasteiger partial charge in [0.1, 0.15) is 34.2 Å². The number of aryl methyl sites for hydroxylation is 4. The van der Waals surface area contributed by atoms with Crippen LogP contribution in [0.15, 0.2) is 85.9 Å². The number of esters is 2. The lowest BCUT2D eigenvalue weighted by Gasteiger charge is -2.23. The van der Waals surface area contributed by atoms with Crippen LogP contribution in [0.2, 0.25) is 0 Å². The molecule has 4 aromatic rings. The van der Waals surface area contributed by atoms with Crippen LogP contribution in [0.25, 0.3) is 33.4 Å². The Hall–Kier alpha value is -7.33. The number of fused-ring (bicyclic) bond motifs is 2. The average molecular weight is 999 g/mol. The summed E-state index contributed by atoms with van der Waals surface area (Å²) in [6.45, 7) is 12.7. The molecule has 0 saturated carbocycles. The number of rotatable bonds is 14. The zero-order valence-corrected chi connectivity index (χ0v) is 41.9. The first-order valence-corrected chi connectivity index (χ1v) is 24.7. The van der Waals surface area contributed by atoms with E-state index in [-0.39, 0.29) is 64.0 Å². The molecule has 0 saturated heterocycles. The molecular weight excluding hydrogens is 945 g/mol. The molecule has 4 amide bonds. The Morgan fingerprint density at radius 1 is 0.657 bits per heavy atom. The summed E-state index contributed by atoms with van der Waals surface area (Å²) >= 11 is 0. The number of amides is 4. The van der Waals surface area contributed by atoms with Gasteiger partial charge >= 0.3 is 24.0 Å². The summed E-state index contributed by atoms with van der Waals surface area (Å²) in [7, 11) is -6.73. The lowest BCUT2D eigenvalue weighted by atomic mass is 9.93. The quantitative estimate of drug-likeness (QED) is 0.0389. The number of urea groups is 2. The Bertz CT molecular complexity index is 3350. The van der Waals surface area contributed by atoms with Gasteiger partial charge in [-0.15, -0.1) is 0 Å². The summed E-state index contributed by atoms with van der Waals surface area (Å²) in [6, 6.07) is 15.3. The summed E-state index contributed by atoms with van der Waals surface area (Å²) in [5.41, 5.74) is 6.32. The van der Waals surface area contributed by atoms with Crippen molar-refractivity contribution in [3.63, 3.8) is 0 Å². The topological polar surface area (TPSA) is 264 Å². The third kappa shape index (κ3) is 11.2. The molecule has 19 nitrogen and oxygen atoms in total. The molecule has 5 N–H and O–H groups in total. The zero-order chi connectivity index (χ0) is 51.6. The van der Waals surface area contributed by atoms with Crippen LogP contribution in [0, 0.1) is 41.5 Å². The summed E-state index contributed by atoms with van der Waals surface area (Å²) in [4.78, 5) is 57.3. The number of nitrogens with one attached hydrogen (secondary N) is 3. The summed E-state index contributed by atoms with van der Waals surface area (Å²) in [5, 5.41) is 9.09. The minimum atomic E-state index is -5.12. The van der Waals surface area contributed by atoms with Gasteiger partial charge in [0.2, 0.25) is 0 Å². The predicted molar refractivity (Wildman–Crippen MR) is 264 cm³/mol. The van der Waals surface area contributed by atoms with E-state index in [0.29, 0.717) is 39.1 Å². The number of benzene rings is 5. The minimum absolute atomic E-state index is 0.0143. The van der Waals surface area contributed by atoms with Crippen molar-refractivity contribution in [1.29, 1.82) is 0 Å². The number of carbonyl (C=O) groups excluding carboxylic acids is 4. The highest BCUT2D eigenvalue weighted by molar-refractivity contribution is 7.86. The fourth-order valence-corrected chi connectivity index (χ4v) is 9.50. The third-order valence-electron chi connectivity index (χ3n) is 11.3. The van der Waals surface area contributed by atoms with Crippen LogP contribution in [-0.2, 0) is 39.3 Å². The van der Waals surface area contributed by atoms with Crippen molar-refractivity contribution in [3.05, 3.63) is 105 Å². The summed E-state index contributed by atoms with van der Waals surface area (Å²) in [5.74, 6) is -1.55. The fourth-order valence-electron chi connectivity index (χ4n) is 8.17. The van der Waals surface area contributed by atoms with E-state index in [2.05, 4.69) is 16.0 Å². The molecule has 0 atom stereocenters. The van der Waals surface area contributed by atoms with Gasteiger partial charge in [0.05, 0.1) is 35.6 Å². The second-order valence-corrected chi connectivity index (χ2v) is 19.4. The van der Waals surface area contributed by atoms with Gasteiger partial charge in [-0.1, -0.05) is 30.3 Å². The molecule has 4 aromatic carbocycles. The highest BCUT2D eigenvalue weighted by atomic mass is 32.2. The highest BCUT2D eigenvalue weighted by Gasteiger charge is 2.28. The van der Waals surface area contributed by atoms with E-state index in [1.165, 1.54) is 35.2 Å². The lowest BCUT2D eigenvalue weighted by Crippen LogP contribution is -2.43. The Morgan fingerprint density at radius 2 is 1.21 bits per heavy atom. The molecule has 0 unspecified atom stereocenters. The number of nitrogens with zero attached hydrogens (tertiary/aromatic N) is 3. The fraction of sp³-hybridized carbons (Fsp3) is 0.286. The first-order chi connectivity index (χ1) is 32.8. The van der Waals surface area contributed by atoms with Gasteiger partial charge in [0.15, 0.2) is 0 Å². The van der Waals surface area contributed by atoms with E-state index >= 15 is 0 Å². The van der Waals surface area contributed by atoms with Crippen molar-refractivity contribution < 1.29 is 59.0 Å². The summed E-state index contributed by atoms with van der Waals surface area (Å²) < 4.78 is 90.4. The summed E-state index contributed by atoms with van der Waals surface area (Å²) in [6.07, 6.45) is 0. The van der Waals surface area contributed by atoms with Crippen molar-refractivity contribution in [1.82, 2.24) is 9.80 Å². The maximum Gasteiger partial charge on any atom is 0.325 e. The molecule has 1 aliphatic carbocycles. The molecule has 6 rings (SSSR count). The van der Waals surface area contributed by atoms with Crippen LogP contribution in [0.5, 0.6) is 0 Å². The molecule has 370 valence electrons. The maximum absolute atomic E-state index is 13.7. The molecule has 0 radical (unpaired) electrons. The SMILES string of the molecule is CCOC(=O)CN(CC(=O)OCC)C(=O)Nc1c(C)cc(C)c(/N=c2/cc3oc4cc(Nc5c(C)cc(C)c(NC(=O)N(C)C)c5C)ccc4c(-c4ccccc4S(=O)(=O)O)c-3cc2S(=O)(=O)O)c1C. The molecule has 0 fully saturated rings. The van der Waals surface area contributed by atoms with Gasteiger partial charge < -0.3 is 39.6 Å². The number of hydrogen-bond donors (Lipinski definition) is 5. The molecule has 1 heterocycles. The second-order valence-electron chi connectivity index (χ2n) is 16.7. The van der Waals surface area contributed by atoms with Crippen molar-refractivity contribution in [2.75, 3.05) is 56.3 Å². The molecule has 0 aromatic heterocycles. The zero-order valence-electron chi connectivity index (χ0n) is 40.2. The van der Waals surface area contributed by atoms with E-state index in [4.69, 9.17) is 18.9 Å².